The van der Waals surface area contributed by atoms with E-state index in [9.17, 15) is 0 Å². The molecule has 5 aromatic rings. The molecule has 31 heavy (non-hydrogen) atoms. The van der Waals surface area contributed by atoms with E-state index in [4.69, 9.17) is 0 Å². The van der Waals surface area contributed by atoms with Gasteiger partial charge in [-0.3, -0.25) is 0 Å². The van der Waals surface area contributed by atoms with Gasteiger partial charge in [-0.2, -0.15) is 9.13 Å². The molecule has 4 aromatic carbocycles. The summed E-state index contributed by atoms with van der Waals surface area (Å²) in [5.41, 5.74) is 8.39. The van der Waals surface area contributed by atoms with Gasteiger partial charge in [-0.15, -0.1) is 0 Å². The van der Waals surface area contributed by atoms with Crippen LogP contribution >= 0.6 is 0 Å². The zero-order valence-corrected chi connectivity index (χ0v) is 17.9. The Bertz CT molecular complexity index is 1320. The normalized spacial score (nSPS) is 10.9. The van der Waals surface area contributed by atoms with Crippen molar-refractivity contribution in [2.75, 3.05) is 0 Å². The van der Waals surface area contributed by atoms with Gasteiger partial charge in [0.25, 0.3) is 5.82 Å². The maximum Gasteiger partial charge on any atom is 0.300 e. The van der Waals surface area contributed by atoms with Crippen LogP contribution in [0, 0.1) is 13.8 Å². The summed E-state index contributed by atoms with van der Waals surface area (Å²) in [6.45, 7) is 4.40. The first-order chi connectivity index (χ1) is 15.3. The molecule has 5 rings (SSSR count). The van der Waals surface area contributed by atoms with E-state index in [0.717, 1.165) is 11.5 Å². The van der Waals surface area contributed by atoms with E-state index in [2.05, 4.69) is 138 Å². The van der Waals surface area contributed by atoms with Gasteiger partial charge in [-0.25, -0.2) is 0 Å². The first kappa shape index (κ1) is 19.1. The van der Waals surface area contributed by atoms with Crippen molar-refractivity contribution in [2.45, 2.75) is 13.8 Å². The van der Waals surface area contributed by atoms with E-state index in [1.54, 1.807) is 0 Å². The molecule has 0 amide bonds. The first-order valence-electron chi connectivity index (χ1n) is 10.7. The highest BCUT2D eigenvalue weighted by Gasteiger charge is 2.33. The molecule has 0 aliphatic rings. The minimum absolute atomic E-state index is 1.15. The molecule has 0 N–H and O–H groups in total. The number of rotatable bonds is 4. The number of hydrogen-bond donors (Lipinski definition) is 0. The maximum atomic E-state index is 2.40. The number of imidazole rings is 1. The summed E-state index contributed by atoms with van der Waals surface area (Å²) >= 11 is 0. The lowest BCUT2D eigenvalue weighted by Crippen LogP contribution is -2.36. The molecule has 1 aromatic heterocycles. The van der Waals surface area contributed by atoms with Crippen LogP contribution in [0.5, 0.6) is 0 Å². The quantitative estimate of drug-likeness (QED) is 0.296. The predicted molar refractivity (Wildman–Crippen MR) is 128 cm³/mol. The zero-order valence-electron chi connectivity index (χ0n) is 17.9. The van der Waals surface area contributed by atoms with Gasteiger partial charge in [0.15, 0.2) is 11.4 Å². The molecule has 2 heteroatoms. The van der Waals surface area contributed by atoms with Gasteiger partial charge in [-0.1, -0.05) is 84.9 Å². The molecule has 0 spiro atoms. The highest BCUT2D eigenvalue weighted by molar-refractivity contribution is 5.70. The molecule has 1 heterocycles. The number of aryl methyl sites for hydroxylation is 1. The Labute approximate surface area is 183 Å². The van der Waals surface area contributed by atoms with Crippen molar-refractivity contribution in [1.29, 1.82) is 0 Å². The summed E-state index contributed by atoms with van der Waals surface area (Å²) in [7, 11) is 0. The van der Waals surface area contributed by atoms with Gasteiger partial charge in [0.05, 0.1) is 5.56 Å². The highest BCUT2D eigenvalue weighted by Crippen LogP contribution is 2.33. The molecule has 2 nitrogen and oxygen atoms in total. The predicted octanol–water partition coefficient (Wildman–Crippen LogP) is 6.70. The topological polar surface area (TPSA) is 8.81 Å². The summed E-state index contributed by atoms with van der Waals surface area (Å²) in [5.74, 6) is 1.15. The van der Waals surface area contributed by atoms with E-state index >= 15 is 0 Å². The highest BCUT2D eigenvalue weighted by atomic mass is 15.2. The summed E-state index contributed by atoms with van der Waals surface area (Å²) in [6.07, 6.45) is 0. The lowest BCUT2D eigenvalue weighted by Gasteiger charge is -2.08. The molecule has 0 saturated heterocycles. The van der Waals surface area contributed by atoms with Crippen molar-refractivity contribution in [1.82, 2.24) is 4.57 Å². The Balaban J connectivity index is 1.97. The molecule has 0 bridgehead atoms. The smallest absolute Gasteiger partial charge is 0.192 e. The van der Waals surface area contributed by atoms with Crippen LogP contribution < -0.4 is 4.57 Å². The van der Waals surface area contributed by atoms with Gasteiger partial charge in [0.1, 0.15) is 11.4 Å². The fraction of sp³-hybridized carbons (Fsp3) is 0.0690. The molecule has 0 fully saturated rings. The average molecular weight is 402 g/mol. The lowest BCUT2D eigenvalue weighted by atomic mass is 10.1. The van der Waals surface area contributed by atoms with Crippen LogP contribution in [0.25, 0.3) is 34.0 Å². The third-order valence-corrected chi connectivity index (χ3v) is 5.78. The van der Waals surface area contributed by atoms with Crippen molar-refractivity contribution in [3.05, 3.63) is 127 Å². The Morgan fingerprint density at radius 3 is 1.68 bits per heavy atom. The molecule has 0 saturated carbocycles. The largest absolute Gasteiger partial charge is 0.300 e. The summed E-state index contributed by atoms with van der Waals surface area (Å²) in [5, 5.41) is 0. The number of benzene rings is 4. The SMILES string of the molecule is Cc1ccccc1-[n+]1c(C)c(-c2ccccc2)n(-c2ccccc2)c1-c1ccccc1. The van der Waals surface area contributed by atoms with Crippen LogP contribution in [0.1, 0.15) is 11.3 Å². The van der Waals surface area contributed by atoms with E-state index < -0.39 is 0 Å². The molecule has 0 aliphatic heterocycles. The van der Waals surface area contributed by atoms with Crippen molar-refractivity contribution in [3.8, 4) is 34.0 Å². The van der Waals surface area contributed by atoms with E-state index in [1.165, 1.54) is 33.8 Å². The first-order valence-corrected chi connectivity index (χ1v) is 10.7. The van der Waals surface area contributed by atoms with Gasteiger partial charge >= 0.3 is 0 Å². The lowest BCUT2D eigenvalue weighted by molar-refractivity contribution is -0.589. The number of nitrogens with zero attached hydrogens (tertiary/aromatic N) is 2. The molecule has 0 aliphatic carbocycles. The molecule has 0 radical (unpaired) electrons. The second kappa shape index (κ2) is 8.08. The van der Waals surface area contributed by atoms with E-state index in [1.807, 2.05) is 0 Å². The second-order valence-electron chi connectivity index (χ2n) is 7.78. The number of hydrogen-bond acceptors (Lipinski definition) is 0. The average Bonchev–Trinajstić information content (AvgIpc) is 3.14. The van der Waals surface area contributed by atoms with Gasteiger partial charge in [0, 0.05) is 12.5 Å². The van der Waals surface area contributed by atoms with Crippen molar-refractivity contribution in [3.63, 3.8) is 0 Å². The minimum atomic E-state index is 1.15. The van der Waals surface area contributed by atoms with Crippen LogP contribution in [0.15, 0.2) is 115 Å². The standard InChI is InChI=1S/C29H25N2/c1-22-14-12-13-21-27(22)30-23(2)28(24-15-6-3-7-16-24)31(26-19-10-5-11-20-26)29(30)25-17-8-4-9-18-25/h3-21H,1-2H3/q+1. The van der Waals surface area contributed by atoms with E-state index in [-0.39, 0.29) is 0 Å². The van der Waals surface area contributed by atoms with Crippen LogP contribution in [-0.2, 0) is 0 Å². The molecule has 0 unspecified atom stereocenters. The third-order valence-electron chi connectivity index (χ3n) is 5.78. The van der Waals surface area contributed by atoms with Crippen LogP contribution in [0.3, 0.4) is 0 Å². The van der Waals surface area contributed by atoms with Gasteiger partial charge < -0.3 is 0 Å². The van der Waals surface area contributed by atoms with Crippen molar-refractivity contribution < 1.29 is 4.57 Å². The maximum absolute atomic E-state index is 2.40. The van der Waals surface area contributed by atoms with Crippen molar-refractivity contribution in [2.24, 2.45) is 0 Å². The van der Waals surface area contributed by atoms with Crippen LogP contribution in [0.4, 0.5) is 0 Å². The Morgan fingerprint density at radius 2 is 1.06 bits per heavy atom. The molecular weight excluding hydrogens is 376 g/mol. The van der Waals surface area contributed by atoms with E-state index in [0.29, 0.717) is 0 Å². The summed E-state index contributed by atoms with van der Waals surface area (Å²) in [6, 6.07) is 40.6. The summed E-state index contributed by atoms with van der Waals surface area (Å²) < 4.78 is 4.80. The summed E-state index contributed by atoms with van der Waals surface area (Å²) in [4.78, 5) is 0. The van der Waals surface area contributed by atoms with Crippen molar-refractivity contribution >= 4 is 0 Å². The number of para-hydroxylation sites is 2. The number of aromatic nitrogens is 2. The van der Waals surface area contributed by atoms with Crippen LogP contribution in [-0.4, -0.2) is 4.57 Å². The molecular formula is C29H25N2+. The Morgan fingerprint density at radius 1 is 0.548 bits per heavy atom. The Kier molecular flexibility index (Phi) is 4.97. The second-order valence-corrected chi connectivity index (χ2v) is 7.78. The fourth-order valence-electron chi connectivity index (χ4n) is 4.35. The monoisotopic (exact) mass is 401 g/mol. The Hall–Kier alpha value is -3.91. The fourth-order valence-corrected chi connectivity index (χ4v) is 4.35. The zero-order chi connectivity index (χ0) is 21.2. The molecule has 150 valence electrons. The van der Waals surface area contributed by atoms with Crippen LogP contribution in [0.2, 0.25) is 0 Å². The third kappa shape index (κ3) is 3.36. The molecule has 0 atom stereocenters. The minimum Gasteiger partial charge on any atom is -0.192 e. The van der Waals surface area contributed by atoms with Gasteiger partial charge in [-0.05, 0) is 42.8 Å². The van der Waals surface area contributed by atoms with Gasteiger partial charge in [0.2, 0.25) is 0 Å².